The lowest BCUT2D eigenvalue weighted by Gasteiger charge is -2.33. The van der Waals surface area contributed by atoms with E-state index in [0.717, 1.165) is 38.3 Å². The van der Waals surface area contributed by atoms with E-state index < -0.39 is 0 Å². The molecule has 0 spiro atoms. The van der Waals surface area contributed by atoms with E-state index >= 15 is 0 Å². The van der Waals surface area contributed by atoms with Crippen molar-refractivity contribution in [1.29, 1.82) is 0 Å². The van der Waals surface area contributed by atoms with Gasteiger partial charge in [-0.2, -0.15) is 0 Å². The number of hydrogen-bond acceptors (Lipinski definition) is 5. The molecule has 2 heterocycles. The molecule has 6 heteroatoms. The van der Waals surface area contributed by atoms with Crippen molar-refractivity contribution in [2.75, 3.05) is 32.7 Å². The first-order chi connectivity index (χ1) is 13.8. The Morgan fingerprint density at radius 2 is 1.61 bits per heavy atom. The fourth-order valence-electron chi connectivity index (χ4n) is 3.25. The van der Waals surface area contributed by atoms with Crippen LogP contribution in [0.4, 0.5) is 0 Å². The third-order valence-electron chi connectivity index (χ3n) is 4.86. The average Bonchev–Trinajstić information content (AvgIpc) is 3.19. The Bertz CT molecular complexity index is 900. The lowest BCUT2D eigenvalue weighted by molar-refractivity contribution is 0.128. The Morgan fingerprint density at radius 1 is 0.893 bits per heavy atom. The fourth-order valence-corrected chi connectivity index (χ4v) is 3.38. The summed E-state index contributed by atoms with van der Waals surface area (Å²) in [6.45, 7) is 5.74. The standard InChI is InChI=1S/C22H23ClN4O/c23-20-10-8-19(9-11-20)22-25-24-21(28-22)17-27-15-13-26(14-16-27)12-4-7-18-5-2-1-3-6-18/h1-11H,12-17H2/b7-4+. The van der Waals surface area contributed by atoms with E-state index in [1.165, 1.54) is 5.56 Å². The highest BCUT2D eigenvalue weighted by Crippen LogP contribution is 2.20. The van der Waals surface area contributed by atoms with E-state index in [0.29, 0.717) is 23.3 Å². The number of aromatic nitrogens is 2. The molecule has 0 aliphatic carbocycles. The summed E-state index contributed by atoms with van der Waals surface area (Å²) in [5.74, 6) is 1.19. The molecule has 1 saturated heterocycles. The molecule has 0 unspecified atom stereocenters. The van der Waals surface area contributed by atoms with Crippen molar-refractivity contribution in [2.24, 2.45) is 0 Å². The maximum atomic E-state index is 5.93. The van der Waals surface area contributed by atoms with Crippen molar-refractivity contribution in [1.82, 2.24) is 20.0 Å². The zero-order valence-electron chi connectivity index (χ0n) is 15.7. The molecule has 0 radical (unpaired) electrons. The fraction of sp³-hybridized carbons (Fsp3) is 0.273. The number of benzene rings is 2. The molecule has 144 valence electrons. The molecule has 1 aromatic heterocycles. The molecule has 1 aliphatic heterocycles. The minimum absolute atomic E-state index is 0.538. The van der Waals surface area contributed by atoms with E-state index in [9.17, 15) is 0 Å². The van der Waals surface area contributed by atoms with Gasteiger partial charge in [0.2, 0.25) is 11.8 Å². The van der Waals surface area contributed by atoms with Gasteiger partial charge in [0.1, 0.15) is 0 Å². The molecule has 4 rings (SSSR count). The molecular formula is C22H23ClN4O. The van der Waals surface area contributed by atoms with Crippen LogP contribution in [-0.2, 0) is 6.54 Å². The highest BCUT2D eigenvalue weighted by molar-refractivity contribution is 6.30. The van der Waals surface area contributed by atoms with Crippen molar-refractivity contribution in [3.8, 4) is 11.5 Å². The molecule has 0 bridgehead atoms. The third kappa shape index (κ3) is 5.07. The molecule has 28 heavy (non-hydrogen) atoms. The predicted molar refractivity (Wildman–Crippen MR) is 112 cm³/mol. The average molecular weight is 395 g/mol. The van der Waals surface area contributed by atoms with Crippen LogP contribution in [0.1, 0.15) is 11.5 Å². The second kappa shape index (κ2) is 9.15. The van der Waals surface area contributed by atoms with Crippen molar-refractivity contribution in [2.45, 2.75) is 6.54 Å². The zero-order chi connectivity index (χ0) is 19.2. The summed E-state index contributed by atoms with van der Waals surface area (Å²) in [4.78, 5) is 4.82. The van der Waals surface area contributed by atoms with Gasteiger partial charge in [-0.25, -0.2) is 0 Å². The molecule has 1 fully saturated rings. The SMILES string of the molecule is Clc1ccc(-c2nnc(CN3CCN(C/C=C/c4ccccc4)CC3)o2)cc1. The number of piperazine rings is 1. The molecule has 0 saturated carbocycles. The van der Waals surface area contributed by atoms with Crippen LogP contribution in [0.3, 0.4) is 0 Å². The number of hydrogen-bond donors (Lipinski definition) is 0. The molecule has 0 amide bonds. The smallest absolute Gasteiger partial charge is 0.247 e. The lowest BCUT2D eigenvalue weighted by atomic mass is 10.2. The molecule has 2 aromatic carbocycles. The summed E-state index contributed by atoms with van der Waals surface area (Å²) >= 11 is 5.93. The molecule has 5 nitrogen and oxygen atoms in total. The maximum absolute atomic E-state index is 5.93. The van der Waals surface area contributed by atoms with Gasteiger partial charge in [-0.15, -0.1) is 10.2 Å². The second-order valence-electron chi connectivity index (χ2n) is 6.90. The Hall–Kier alpha value is -2.47. The largest absolute Gasteiger partial charge is 0.419 e. The molecular weight excluding hydrogens is 372 g/mol. The van der Waals surface area contributed by atoms with Crippen LogP contribution in [0, 0.1) is 0 Å². The van der Waals surface area contributed by atoms with Crippen molar-refractivity contribution >= 4 is 17.7 Å². The summed E-state index contributed by atoms with van der Waals surface area (Å²) in [5.41, 5.74) is 2.13. The van der Waals surface area contributed by atoms with Crippen LogP contribution < -0.4 is 0 Å². The molecule has 3 aromatic rings. The van der Waals surface area contributed by atoms with Crippen LogP contribution in [0.5, 0.6) is 0 Å². The van der Waals surface area contributed by atoms with E-state index in [-0.39, 0.29) is 0 Å². The van der Waals surface area contributed by atoms with Crippen LogP contribution >= 0.6 is 11.6 Å². The number of nitrogens with zero attached hydrogens (tertiary/aromatic N) is 4. The van der Waals surface area contributed by atoms with Gasteiger partial charge in [-0.05, 0) is 29.8 Å². The highest BCUT2D eigenvalue weighted by Gasteiger charge is 2.18. The maximum Gasteiger partial charge on any atom is 0.247 e. The first-order valence-corrected chi connectivity index (χ1v) is 9.89. The summed E-state index contributed by atoms with van der Waals surface area (Å²) in [6, 6.07) is 17.8. The molecule has 0 atom stereocenters. The van der Waals surface area contributed by atoms with Gasteiger partial charge in [-0.1, -0.05) is 54.1 Å². The van der Waals surface area contributed by atoms with Gasteiger partial charge >= 0.3 is 0 Å². The van der Waals surface area contributed by atoms with E-state index in [2.05, 4.69) is 56.4 Å². The monoisotopic (exact) mass is 394 g/mol. The molecule has 1 aliphatic rings. The first-order valence-electron chi connectivity index (χ1n) is 9.51. The van der Waals surface area contributed by atoms with E-state index in [1.54, 1.807) is 0 Å². The van der Waals surface area contributed by atoms with Gasteiger partial charge in [0.25, 0.3) is 0 Å². The number of rotatable bonds is 6. The Morgan fingerprint density at radius 3 is 2.36 bits per heavy atom. The van der Waals surface area contributed by atoms with Crippen molar-refractivity contribution in [3.05, 3.63) is 77.2 Å². The van der Waals surface area contributed by atoms with E-state index in [4.69, 9.17) is 16.0 Å². The Kier molecular flexibility index (Phi) is 6.17. The van der Waals surface area contributed by atoms with Crippen LogP contribution in [-0.4, -0.2) is 52.7 Å². The third-order valence-corrected chi connectivity index (χ3v) is 5.11. The lowest BCUT2D eigenvalue weighted by Crippen LogP contribution is -2.45. The van der Waals surface area contributed by atoms with Gasteiger partial charge in [-0.3, -0.25) is 9.80 Å². The molecule has 0 N–H and O–H groups in total. The summed E-state index contributed by atoms with van der Waals surface area (Å²) in [7, 11) is 0. The summed E-state index contributed by atoms with van der Waals surface area (Å²) < 4.78 is 5.82. The topological polar surface area (TPSA) is 45.4 Å². The van der Waals surface area contributed by atoms with E-state index in [1.807, 2.05) is 30.3 Å². The van der Waals surface area contributed by atoms with Crippen LogP contribution in [0.2, 0.25) is 5.02 Å². The summed E-state index contributed by atoms with van der Waals surface area (Å²) in [6.07, 6.45) is 4.42. The number of halogens is 1. The Balaban J connectivity index is 1.24. The van der Waals surface area contributed by atoms with Gasteiger partial charge in [0.05, 0.1) is 6.54 Å². The van der Waals surface area contributed by atoms with Crippen molar-refractivity contribution < 1.29 is 4.42 Å². The minimum Gasteiger partial charge on any atom is -0.419 e. The second-order valence-corrected chi connectivity index (χ2v) is 7.33. The van der Waals surface area contributed by atoms with Crippen LogP contribution in [0.15, 0.2) is 65.1 Å². The van der Waals surface area contributed by atoms with Gasteiger partial charge < -0.3 is 4.42 Å². The minimum atomic E-state index is 0.538. The van der Waals surface area contributed by atoms with Crippen molar-refractivity contribution in [3.63, 3.8) is 0 Å². The Labute approximate surface area is 170 Å². The normalized spacial score (nSPS) is 16.0. The summed E-state index contributed by atoms with van der Waals surface area (Å²) in [5, 5.41) is 9.05. The van der Waals surface area contributed by atoms with Gasteiger partial charge in [0.15, 0.2) is 0 Å². The van der Waals surface area contributed by atoms with Gasteiger partial charge in [0, 0.05) is 43.3 Å². The zero-order valence-corrected chi connectivity index (χ0v) is 16.4. The predicted octanol–water partition coefficient (Wildman–Crippen LogP) is 4.22. The first kappa shape index (κ1) is 18.9. The quantitative estimate of drug-likeness (QED) is 0.626. The van der Waals surface area contributed by atoms with Crippen LogP contribution in [0.25, 0.3) is 17.5 Å². The highest BCUT2D eigenvalue weighted by atomic mass is 35.5.